The van der Waals surface area contributed by atoms with Crippen LogP contribution in [0.5, 0.6) is 11.5 Å². The van der Waals surface area contributed by atoms with Gasteiger partial charge in [0.2, 0.25) is 0 Å². The van der Waals surface area contributed by atoms with Gasteiger partial charge in [-0.15, -0.1) is 0 Å². The second-order valence-electron chi connectivity index (χ2n) is 7.26. The van der Waals surface area contributed by atoms with Gasteiger partial charge in [-0.2, -0.15) is 4.98 Å². The highest BCUT2D eigenvalue weighted by atomic mass is 16.5. The number of hydrogen-bond donors (Lipinski definition) is 1. The Morgan fingerprint density at radius 3 is 2.76 bits per heavy atom. The molecule has 2 aromatic heterocycles. The van der Waals surface area contributed by atoms with Crippen LogP contribution in [0.3, 0.4) is 0 Å². The standard InChI is InChI=1S/C22H26N4O3/c1-3-26(15-7-5-4-6-8-15)22-25-18-10-9-16(14-20(18)29-22)28-17-11-12-24-19(13-17)21(27)23-2/h9-15H,3-8H2,1-2H3,(H,23,27). The number of amides is 1. The first-order valence-electron chi connectivity index (χ1n) is 10.2. The molecule has 152 valence electrons. The molecule has 1 fully saturated rings. The first kappa shape index (κ1) is 19.2. The Kier molecular flexibility index (Phi) is 5.64. The van der Waals surface area contributed by atoms with E-state index in [1.165, 1.54) is 32.1 Å². The lowest BCUT2D eigenvalue weighted by molar-refractivity contribution is 0.0958. The van der Waals surface area contributed by atoms with Crippen molar-refractivity contribution in [2.24, 2.45) is 0 Å². The van der Waals surface area contributed by atoms with Crippen molar-refractivity contribution < 1.29 is 13.9 Å². The number of carbonyl (C=O) groups excluding carboxylic acids is 1. The summed E-state index contributed by atoms with van der Waals surface area (Å²) in [5.41, 5.74) is 1.80. The van der Waals surface area contributed by atoms with Gasteiger partial charge in [-0.25, -0.2) is 0 Å². The predicted octanol–water partition coefficient (Wildman–Crippen LogP) is 4.53. The monoisotopic (exact) mass is 394 g/mol. The molecule has 7 heteroatoms. The molecule has 1 saturated carbocycles. The normalized spacial score (nSPS) is 14.7. The lowest BCUT2D eigenvalue weighted by atomic mass is 9.94. The average molecular weight is 394 g/mol. The Hall–Kier alpha value is -3.09. The van der Waals surface area contributed by atoms with E-state index in [-0.39, 0.29) is 5.91 Å². The van der Waals surface area contributed by atoms with Crippen molar-refractivity contribution in [1.82, 2.24) is 15.3 Å². The van der Waals surface area contributed by atoms with Crippen molar-refractivity contribution in [1.29, 1.82) is 0 Å². The highest BCUT2D eigenvalue weighted by Gasteiger charge is 2.24. The summed E-state index contributed by atoms with van der Waals surface area (Å²) in [5, 5.41) is 2.56. The van der Waals surface area contributed by atoms with Crippen molar-refractivity contribution in [3.63, 3.8) is 0 Å². The van der Waals surface area contributed by atoms with Gasteiger partial charge in [-0.3, -0.25) is 9.78 Å². The first-order valence-corrected chi connectivity index (χ1v) is 10.2. The van der Waals surface area contributed by atoms with Crippen molar-refractivity contribution in [3.05, 3.63) is 42.2 Å². The van der Waals surface area contributed by atoms with E-state index in [0.29, 0.717) is 34.8 Å². The van der Waals surface area contributed by atoms with E-state index >= 15 is 0 Å². The minimum atomic E-state index is -0.256. The Labute approximate surface area is 170 Å². The van der Waals surface area contributed by atoms with E-state index in [4.69, 9.17) is 14.1 Å². The van der Waals surface area contributed by atoms with Crippen LogP contribution in [0.2, 0.25) is 0 Å². The maximum Gasteiger partial charge on any atom is 0.298 e. The minimum Gasteiger partial charge on any atom is -0.457 e. The van der Waals surface area contributed by atoms with E-state index < -0.39 is 0 Å². The molecule has 0 bridgehead atoms. The predicted molar refractivity (Wildman–Crippen MR) is 112 cm³/mol. The van der Waals surface area contributed by atoms with Crippen molar-refractivity contribution >= 4 is 23.0 Å². The van der Waals surface area contributed by atoms with Crippen LogP contribution in [0.25, 0.3) is 11.1 Å². The van der Waals surface area contributed by atoms with Crippen LogP contribution < -0.4 is 15.0 Å². The summed E-state index contributed by atoms with van der Waals surface area (Å²) in [5.74, 6) is 0.901. The molecule has 7 nitrogen and oxygen atoms in total. The molecule has 0 spiro atoms. The molecule has 0 radical (unpaired) electrons. The van der Waals surface area contributed by atoms with Crippen LogP contribution in [0.1, 0.15) is 49.5 Å². The van der Waals surface area contributed by atoms with E-state index in [1.54, 1.807) is 25.4 Å². The molecule has 4 rings (SSSR count). The summed E-state index contributed by atoms with van der Waals surface area (Å²) in [7, 11) is 1.57. The number of nitrogens with one attached hydrogen (secondary N) is 1. The Morgan fingerprint density at radius 2 is 2.00 bits per heavy atom. The third-order valence-electron chi connectivity index (χ3n) is 5.38. The maximum absolute atomic E-state index is 11.8. The van der Waals surface area contributed by atoms with Crippen LogP contribution in [0, 0.1) is 0 Å². The van der Waals surface area contributed by atoms with Crippen molar-refractivity contribution in [2.45, 2.75) is 45.1 Å². The Morgan fingerprint density at radius 1 is 1.21 bits per heavy atom. The zero-order chi connectivity index (χ0) is 20.2. The Bertz CT molecular complexity index is 995. The molecule has 29 heavy (non-hydrogen) atoms. The van der Waals surface area contributed by atoms with Crippen molar-refractivity contribution in [2.75, 3.05) is 18.5 Å². The van der Waals surface area contributed by atoms with Gasteiger partial charge in [-0.1, -0.05) is 19.3 Å². The molecule has 3 aromatic rings. The number of ether oxygens (including phenoxy) is 1. The molecule has 1 aromatic carbocycles. The summed E-state index contributed by atoms with van der Waals surface area (Å²) >= 11 is 0. The second kappa shape index (κ2) is 8.51. The number of nitrogens with zero attached hydrogens (tertiary/aromatic N) is 3. The van der Waals surface area contributed by atoms with Crippen molar-refractivity contribution in [3.8, 4) is 11.5 Å². The molecule has 0 unspecified atom stereocenters. The lowest BCUT2D eigenvalue weighted by Gasteiger charge is -2.32. The van der Waals surface area contributed by atoms with E-state index in [2.05, 4.69) is 22.1 Å². The summed E-state index contributed by atoms with van der Waals surface area (Å²) in [6.45, 7) is 3.02. The zero-order valence-corrected chi connectivity index (χ0v) is 16.9. The highest BCUT2D eigenvalue weighted by molar-refractivity contribution is 5.92. The summed E-state index contributed by atoms with van der Waals surface area (Å²) in [4.78, 5) is 22.8. The third kappa shape index (κ3) is 4.18. The Balaban J connectivity index is 1.56. The molecule has 0 aliphatic heterocycles. The quantitative estimate of drug-likeness (QED) is 0.661. The zero-order valence-electron chi connectivity index (χ0n) is 16.9. The number of aromatic nitrogens is 2. The number of rotatable bonds is 6. The van der Waals surface area contributed by atoms with Crippen LogP contribution in [-0.4, -0.2) is 35.5 Å². The fourth-order valence-corrected chi connectivity index (χ4v) is 3.88. The molecule has 1 N–H and O–H groups in total. The smallest absolute Gasteiger partial charge is 0.298 e. The van der Waals surface area contributed by atoms with Crippen LogP contribution in [0.4, 0.5) is 6.01 Å². The molecule has 2 heterocycles. The topological polar surface area (TPSA) is 80.5 Å². The summed E-state index contributed by atoms with van der Waals surface area (Å²) < 4.78 is 12.0. The van der Waals surface area contributed by atoms with Gasteiger partial charge in [0, 0.05) is 38.0 Å². The third-order valence-corrected chi connectivity index (χ3v) is 5.38. The lowest BCUT2D eigenvalue weighted by Crippen LogP contribution is -2.36. The summed E-state index contributed by atoms with van der Waals surface area (Å²) in [6, 6.07) is 10.1. The number of pyridine rings is 1. The van der Waals surface area contributed by atoms with Crippen LogP contribution in [-0.2, 0) is 0 Å². The van der Waals surface area contributed by atoms with Gasteiger partial charge < -0.3 is 19.4 Å². The molecule has 0 saturated heterocycles. The number of anilines is 1. The number of oxazole rings is 1. The number of hydrogen-bond acceptors (Lipinski definition) is 6. The molecular weight excluding hydrogens is 368 g/mol. The maximum atomic E-state index is 11.8. The SMILES string of the molecule is CCN(c1nc2ccc(Oc3ccnc(C(=O)NC)c3)cc2o1)C1CCCCC1. The molecular formula is C22H26N4O3. The van der Waals surface area contributed by atoms with E-state index in [1.807, 2.05) is 18.2 Å². The first-order chi connectivity index (χ1) is 14.2. The molecule has 1 amide bonds. The van der Waals surface area contributed by atoms with Crippen LogP contribution >= 0.6 is 0 Å². The molecule has 1 aliphatic carbocycles. The average Bonchev–Trinajstić information content (AvgIpc) is 3.17. The van der Waals surface area contributed by atoms with Gasteiger partial charge in [-0.05, 0) is 38.0 Å². The fraction of sp³-hybridized carbons (Fsp3) is 0.409. The second-order valence-corrected chi connectivity index (χ2v) is 7.26. The minimum absolute atomic E-state index is 0.256. The molecule has 1 aliphatic rings. The van der Waals surface area contributed by atoms with Gasteiger partial charge in [0.05, 0.1) is 0 Å². The van der Waals surface area contributed by atoms with Gasteiger partial charge in [0.15, 0.2) is 5.58 Å². The van der Waals surface area contributed by atoms with Gasteiger partial charge in [0.25, 0.3) is 11.9 Å². The van der Waals surface area contributed by atoms with E-state index in [9.17, 15) is 4.79 Å². The van der Waals surface area contributed by atoms with E-state index in [0.717, 1.165) is 12.1 Å². The van der Waals surface area contributed by atoms with Gasteiger partial charge >= 0.3 is 0 Å². The summed E-state index contributed by atoms with van der Waals surface area (Å²) in [6.07, 6.45) is 7.78. The van der Waals surface area contributed by atoms with Crippen LogP contribution in [0.15, 0.2) is 40.9 Å². The number of benzene rings is 1. The molecule has 0 atom stereocenters. The number of carbonyl (C=O) groups is 1. The number of fused-ring (bicyclic) bond motifs is 1. The fourth-order valence-electron chi connectivity index (χ4n) is 3.88. The largest absolute Gasteiger partial charge is 0.457 e. The van der Waals surface area contributed by atoms with Gasteiger partial charge in [0.1, 0.15) is 22.7 Å². The highest BCUT2D eigenvalue weighted by Crippen LogP contribution is 2.31.